The second kappa shape index (κ2) is 8.06. The van der Waals surface area contributed by atoms with Gasteiger partial charge in [-0.2, -0.15) is 4.31 Å². The van der Waals surface area contributed by atoms with Crippen LogP contribution in [0.15, 0.2) is 0 Å². The molecule has 0 N–H and O–H groups in total. The number of ether oxygens (including phenoxy) is 1. The zero-order valence-electron chi connectivity index (χ0n) is 18.3. The lowest BCUT2D eigenvalue weighted by atomic mass is 9.91. The first-order valence-electron chi connectivity index (χ1n) is 10.7. The minimum atomic E-state index is -3.38. The minimum Gasteiger partial charge on any atom is -0.444 e. The molecular weight excluding hydrogens is 394 g/mol. The van der Waals surface area contributed by atoms with Crippen molar-refractivity contribution in [2.75, 3.05) is 31.9 Å². The van der Waals surface area contributed by atoms with Crippen LogP contribution in [0.2, 0.25) is 0 Å². The van der Waals surface area contributed by atoms with Crippen LogP contribution in [0.5, 0.6) is 0 Å². The Morgan fingerprint density at radius 1 is 1.07 bits per heavy atom. The summed E-state index contributed by atoms with van der Waals surface area (Å²) >= 11 is 0. The molecule has 2 amide bonds. The van der Waals surface area contributed by atoms with Gasteiger partial charge in [-0.3, -0.25) is 4.79 Å². The lowest BCUT2D eigenvalue weighted by Crippen LogP contribution is -2.57. The topological polar surface area (TPSA) is 87.2 Å². The fourth-order valence-corrected chi connectivity index (χ4v) is 6.60. The van der Waals surface area contributed by atoms with Gasteiger partial charge in [0.1, 0.15) is 11.6 Å². The summed E-state index contributed by atoms with van der Waals surface area (Å²) in [4.78, 5) is 29.6. The normalized spacial score (nSPS) is 28.5. The highest BCUT2D eigenvalue weighted by molar-refractivity contribution is 7.89. The number of rotatable bonds is 3. The van der Waals surface area contributed by atoms with E-state index in [1.807, 2.05) is 34.6 Å². The molecule has 3 atom stereocenters. The number of amides is 2. The summed E-state index contributed by atoms with van der Waals surface area (Å²) in [7, 11) is -3.38. The van der Waals surface area contributed by atoms with E-state index in [-0.39, 0.29) is 29.7 Å². The molecule has 3 heterocycles. The van der Waals surface area contributed by atoms with E-state index in [1.165, 1.54) is 4.31 Å². The molecule has 0 aromatic heterocycles. The molecule has 0 bridgehead atoms. The monoisotopic (exact) mass is 429 g/mol. The molecule has 3 fully saturated rings. The largest absolute Gasteiger partial charge is 0.444 e. The molecule has 8 nitrogen and oxygen atoms in total. The quantitative estimate of drug-likeness (QED) is 0.684. The maximum Gasteiger partial charge on any atom is 0.410 e. The van der Waals surface area contributed by atoms with Gasteiger partial charge in [0.25, 0.3) is 0 Å². The van der Waals surface area contributed by atoms with Crippen molar-refractivity contribution < 1.29 is 22.7 Å². The highest BCUT2D eigenvalue weighted by Gasteiger charge is 2.46. The third-order valence-electron chi connectivity index (χ3n) is 6.14. The number of fused-ring (bicyclic) bond motifs is 1. The van der Waals surface area contributed by atoms with Crippen molar-refractivity contribution in [3.8, 4) is 0 Å². The molecule has 0 aromatic carbocycles. The van der Waals surface area contributed by atoms with Crippen LogP contribution >= 0.6 is 0 Å². The van der Waals surface area contributed by atoms with Crippen molar-refractivity contribution in [3.05, 3.63) is 0 Å². The van der Waals surface area contributed by atoms with E-state index >= 15 is 0 Å². The van der Waals surface area contributed by atoms with Gasteiger partial charge >= 0.3 is 6.09 Å². The lowest BCUT2D eigenvalue weighted by Gasteiger charge is -2.41. The van der Waals surface area contributed by atoms with Gasteiger partial charge < -0.3 is 14.5 Å². The molecule has 0 saturated carbocycles. The van der Waals surface area contributed by atoms with Gasteiger partial charge in [0.15, 0.2) is 0 Å². The van der Waals surface area contributed by atoms with E-state index in [4.69, 9.17) is 4.74 Å². The van der Waals surface area contributed by atoms with Crippen LogP contribution in [0, 0.1) is 11.8 Å². The van der Waals surface area contributed by atoms with E-state index in [0.29, 0.717) is 38.5 Å². The van der Waals surface area contributed by atoms with Crippen LogP contribution in [-0.2, 0) is 19.6 Å². The summed E-state index contributed by atoms with van der Waals surface area (Å²) < 4.78 is 31.8. The number of nitrogens with zero attached hydrogens (tertiary/aromatic N) is 3. The predicted octanol–water partition coefficient (Wildman–Crippen LogP) is 1.90. The Kier molecular flexibility index (Phi) is 6.21. The Bertz CT molecular complexity index is 746. The number of sulfonamides is 1. The van der Waals surface area contributed by atoms with Crippen LogP contribution < -0.4 is 0 Å². The van der Waals surface area contributed by atoms with Gasteiger partial charge in [0, 0.05) is 26.2 Å². The molecule has 3 rings (SSSR count). The molecule has 29 heavy (non-hydrogen) atoms. The molecule has 0 aliphatic carbocycles. The second-order valence-electron chi connectivity index (χ2n) is 9.83. The molecule has 9 heteroatoms. The number of carbonyl (C=O) groups excluding carboxylic acids is 2. The standard InChI is InChI=1S/C20H35N3O5S/c1-14(2)17(23-9-6-12-29(23,26)27)18(24)21-10-7-15-8-11-22(16(15)13-21)19(25)28-20(3,4)5/h14-17H,6-13H2,1-5H3/t15-,16+,17+/m0/s1. The van der Waals surface area contributed by atoms with Crippen molar-refractivity contribution in [1.29, 1.82) is 0 Å². The molecule has 3 aliphatic heterocycles. The van der Waals surface area contributed by atoms with Gasteiger partial charge in [-0.1, -0.05) is 13.8 Å². The molecule has 3 saturated heterocycles. The van der Waals surface area contributed by atoms with Crippen LogP contribution in [0.3, 0.4) is 0 Å². The fraction of sp³-hybridized carbons (Fsp3) is 0.900. The summed E-state index contributed by atoms with van der Waals surface area (Å²) in [5.74, 6) is 0.221. The first-order chi connectivity index (χ1) is 13.4. The first kappa shape index (κ1) is 22.3. The van der Waals surface area contributed by atoms with Crippen LogP contribution in [0.1, 0.15) is 53.9 Å². The number of carbonyl (C=O) groups is 2. The first-order valence-corrected chi connectivity index (χ1v) is 12.3. The lowest BCUT2D eigenvalue weighted by molar-refractivity contribution is -0.139. The summed E-state index contributed by atoms with van der Waals surface area (Å²) in [5, 5.41) is 0. The van der Waals surface area contributed by atoms with Gasteiger partial charge in [-0.15, -0.1) is 0 Å². The molecule has 3 aliphatic rings. The second-order valence-corrected chi connectivity index (χ2v) is 11.9. The van der Waals surface area contributed by atoms with Gasteiger partial charge in [0.05, 0.1) is 11.8 Å². The van der Waals surface area contributed by atoms with E-state index < -0.39 is 21.7 Å². The molecular formula is C20H35N3O5S. The Morgan fingerprint density at radius 3 is 2.28 bits per heavy atom. The molecule has 0 radical (unpaired) electrons. The third-order valence-corrected chi connectivity index (χ3v) is 8.06. The highest BCUT2D eigenvalue weighted by atomic mass is 32.2. The Labute approximate surface area is 174 Å². The Hall–Kier alpha value is -1.35. The average molecular weight is 430 g/mol. The van der Waals surface area contributed by atoms with E-state index in [2.05, 4.69) is 0 Å². The molecule has 0 aromatic rings. The maximum atomic E-state index is 13.4. The zero-order chi connectivity index (χ0) is 21.6. The molecule has 166 valence electrons. The van der Waals surface area contributed by atoms with E-state index in [0.717, 1.165) is 12.8 Å². The SMILES string of the molecule is CC(C)[C@H](C(=O)N1CC[C@H]2CCN(C(=O)OC(C)(C)C)[C@@H]2C1)N1CCCS1(=O)=O. The van der Waals surface area contributed by atoms with Gasteiger partial charge in [0.2, 0.25) is 15.9 Å². The summed E-state index contributed by atoms with van der Waals surface area (Å²) in [6.07, 6.45) is 1.98. The van der Waals surface area contributed by atoms with Gasteiger partial charge in [-0.05, 0) is 51.9 Å². The van der Waals surface area contributed by atoms with Crippen LogP contribution in [-0.4, -0.2) is 84.1 Å². The van der Waals surface area contributed by atoms with E-state index in [9.17, 15) is 18.0 Å². The zero-order valence-corrected chi connectivity index (χ0v) is 19.1. The Balaban J connectivity index is 1.74. The van der Waals surface area contributed by atoms with E-state index in [1.54, 1.807) is 9.80 Å². The summed E-state index contributed by atoms with van der Waals surface area (Å²) in [6, 6.07) is -0.735. The number of hydrogen-bond donors (Lipinski definition) is 0. The number of hydrogen-bond acceptors (Lipinski definition) is 5. The molecule has 0 spiro atoms. The minimum absolute atomic E-state index is 0.0643. The smallest absolute Gasteiger partial charge is 0.410 e. The Morgan fingerprint density at radius 2 is 1.72 bits per heavy atom. The van der Waals surface area contributed by atoms with Crippen molar-refractivity contribution in [2.24, 2.45) is 11.8 Å². The summed E-state index contributed by atoms with van der Waals surface area (Å²) in [6.45, 7) is 11.4. The average Bonchev–Trinajstić information content (AvgIpc) is 3.16. The van der Waals surface area contributed by atoms with Gasteiger partial charge in [-0.25, -0.2) is 13.2 Å². The van der Waals surface area contributed by atoms with Crippen LogP contribution in [0.4, 0.5) is 4.79 Å². The fourth-order valence-electron chi connectivity index (χ4n) is 4.79. The van der Waals surface area contributed by atoms with Crippen LogP contribution in [0.25, 0.3) is 0 Å². The van der Waals surface area contributed by atoms with Crippen molar-refractivity contribution in [2.45, 2.75) is 71.6 Å². The summed E-state index contributed by atoms with van der Waals surface area (Å²) in [5.41, 5.74) is -0.563. The third kappa shape index (κ3) is 4.71. The highest BCUT2D eigenvalue weighted by Crippen LogP contribution is 2.34. The molecule has 0 unspecified atom stereocenters. The maximum absolute atomic E-state index is 13.4. The number of piperidine rings is 1. The predicted molar refractivity (Wildman–Crippen MR) is 110 cm³/mol. The van der Waals surface area contributed by atoms with Crippen molar-refractivity contribution in [3.63, 3.8) is 0 Å². The van der Waals surface area contributed by atoms with Crippen molar-refractivity contribution in [1.82, 2.24) is 14.1 Å². The number of likely N-dealkylation sites (tertiary alicyclic amines) is 2. The van der Waals surface area contributed by atoms with Crippen molar-refractivity contribution >= 4 is 22.0 Å².